The van der Waals surface area contributed by atoms with E-state index < -0.39 is 48.4 Å². The van der Waals surface area contributed by atoms with Gasteiger partial charge in [-0.2, -0.15) is 4.39 Å². The number of rotatable bonds is 15. The molecule has 1 fully saturated rings. The Kier molecular flexibility index (Phi) is 12.7. The van der Waals surface area contributed by atoms with E-state index in [-0.39, 0.29) is 37.6 Å². The number of aliphatic hydroxyl groups is 1. The van der Waals surface area contributed by atoms with Gasteiger partial charge in [-0.15, -0.1) is 0 Å². The fourth-order valence-electron chi connectivity index (χ4n) is 6.50. The molecule has 52 heavy (non-hydrogen) atoms. The van der Waals surface area contributed by atoms with Gasteiger partial charge in [-0.1, -0.05) is 115 Å². The van der Waals surface area contributed by atoms with Gasteiger partial charge < -0.3 is 33.5 Å². The van der Waals surface area contributed by atoms with Crippen LogP contribution in [0.25, 0.3) is 0 Å². The highest BCUT2D eigenvalue weighted by molar-refractivity contribution is 6.31. The molecule has 1 N–H and O–H groups in total. The number of ether oxygens (including phenoxy) is 6. The molecule has 0 saturated carbocycles. The molecule has 1 aliphatic rings. The lowest BCUT2D eigenvalue weighted by molar-refractivity contribution is -0.384. The summed E-state index contributed by atoms with van der Waals surface area (Å²) in [6.45, 7) is 0.153. The van der Waals surface area contributed by atoms with E-state index >= 15 is 4.39 Å². The highest BCUT2D eigenvalue weighted by Gasteiger charge is 2.58. The molecule has 1 saturated heterocycles. The fourth-order valence-corrected chi connectivity index (χ4v) is 6.68. The minimum atomic E-state index is -1.68. The molecule has 0 unspecified atom stereocenters. The Morgan fingerprint density at radius 2 is 1.23 bits per heavy atom. The zero-order valence-corrected chi connectivity index (χ0v) is 29.7. The lowest BCUT2D eigenvalue weighted by Gasteiger charge is -2.52. The first kappa shape index (κ1) is 37.6. The number of halogens is 3. The topological polar surface area (TPSA) is 75.6 Å². The van der Waals surface area contributed by atoms with Gasteiger partial charge in [0, 0.05) is 24.1 Å². The number of methoxy groups -OCH3 is 2. The Hall–Kier alpha value is -4.19. The van der Waals surface area contributed by atoms with Crippen LogP contribution in [0.3, 0.4) is 0 Å². The van der Waals surface area contributed by atoms with E-state index in [1.807, 2.05) is 91.0 Å². The lowest BCUT2D eigenvalue weighted by Crippen LogP contribution is -2.66. The summed E-state index contributed by atoms with van der Waals surface area (Å²) in [4.78, 5) is 0. The molecular weight excluding hydrogens is 690 g/mol. The van der Waals surface area contributed by atoms with Gasteiger partial charge in [-0.05, 0) is 46.0 Å². The summed E-state index contributed by atoms with van der Waals surface area (Å²) in [5.74, 6) is -4.00. The Balaban J connectivity index is 1.43. The third-order valence-electron chi connectivity index (χ3n) is 9.19. The molecular formula is C42H41ClF2O7. The van der Waals surface area contributed by atoms with Crippen molar-refractivity contribution >= 4 is 11.6 Å². The van der Waals surface area contributed by atoms with E-state index in [4.69, 9.17) is 40.0 Å². The van der Waals surface area contributed by atoms with Gasteiger partial charge in [-0.3, -0.25) is 0 Å². The Labute approximate surface area is 307 Å². The summed E-state index contributed by atoms with van der Waals surface area (Å²) in [6, 6.07) is 37.0. The normalized spacial score (nSPS) is 21.6. The van der Waals surface area contributed by atoms with Crippen molar-refractivity contribution in [1.29, 1.82) is 0 Å². The van der Waals surface area contributed by atoms with Crippen LogP contribution in [0, 0.1) is 11.6 Å². The van der Waals surface area contributed by atoms with Gasteiger partial charge >= 0.3 is 0 Å². The quantitative estimate of drug-likeness (QED) is 0.117. The average molecular weight is 731 g/mol. The fraction of sp³-hybridized carbons (Fsp3) is 0.286. The molecule has 10 heteroatoms. The minimum Gasteiger partial charge on any atom is -0.494 e. The van der Waals surface area contributed by atoms with Crippen LogP contribution >= 0.6 is 11.6 Å². The molecule has 1 heterocycles. The molecule has 5 aromatic rings. The first-order chi connectivity index (χ1) is 25.4. The van der Waals surface area contributed by atoms with Crippen molar-refractivity contribution in [2.75, 3.05) is 20.8 Å². The van der Waals surface area contributed by atoms with E-state index in [0.29, 0.717) is 16.1 Å². The van der Waals surface area contributed by atoms with Crippen molar-refractivity contribution in [1.82, 2.24) is 0 Å². The molecule has 0 spiro atoms. The number of aliphatic hydroxyl groups excluding tert-OH is 1. The smallest absolute Gasteiger partial charge is 0.225 e. The number of benzene rings is 5. The van der Waals surface area contributed by atoms with Crippen LogP contribution in [-0.4, -0.2) is 50.3 Å². The summed E-state index contributed by atoms with van der Waals surface area (Å²) in [5, 5.41) is 11.2. The third-order valence-corrected chi connectivity index (χ3v) is 9.56. The summed E-state index contributed by atoms with van der Waals surface area (Å²) in [5.41, 5.74) is 3.77. The monoisotopic (exact) mass is 730 g/mol. The minimum absolute atomic E-state index is 0.0467. The Morgan fingerprint density at radius 1 is 0.673 bits per heavy atom. The van der Waals surface area contributed by atoms with Crippen molar-refractivity contribution in [3.8, 4) is 5.75 Å². The average Bonchev–Trinajstić information content (AvgIpc) is 3.19. The number of hydrogen-bond acceptors (Lipinski definition) is 7. The first-order valence-corrected chi connectivity index (χ1v) is 17.3. The van der Waals surface area contributed by atoms with Crippen molar-refractivity contribution in [3.63, 3.8) is 0 Å². The largest absolute Gasteiger partial charge is 0.494 e. The third kappa shape index (κ3) is 8.37. The van der Waals surface area contributed by atoms with E-state index in [0.717, 1.165) is 16.7 Å². The summed E-state index contributed by atoms with van der Waals surface area (Å²) < 4.78 is 68.0. The molecule has 272 valence electrons. The maximum Gasteiger partial charge on any atom is 0.225 e. The van der Waals surface area contributed by atoms with Crippen molar-refractivity contribution in [3.05, 3.63) is 171 Å². The van der Waals surface area contributed by atoms with Gasteiger partial charge in [0.15, 0.2) is 11.6 Å². The van der Waals surface area contributed by atoms with Crippen LogP contribution in [0.15, 0.2) is 121 Å². The van der Waals surface area contributed by atoms with Crippen molar-refractivity contribution < 1.29 is 42.3 Å². The highest BCUT2D eigenvalue weighted by atomic mass is 35.5. The van der Waals surface area contributed by atoms with Gasteiger partial charge in [0.25, 0.3) is 0 Å². The Bertz CT molecular complexity index is 1880. The van der Waals surface area contributed by atoms with E-state index in [1.165, 1.54) is 26.4 Å². The van der Waals surface area contributed by atoms with Crippen LogP contribution in [0.5, 0.6) is 5.75 Å². The number of hydrogen-bond donors (Lipinski definition) is 1. The Morgan fingerprint density at radius 3 is 1.77 bits per heavy atom. The first-order valence-electron chi connectivity index (χ1n) is 17.0. The molecule has 6 rings (SSSR count). The standard InChI is InChI=1S/C42H41ClF2O7/c1-47-35-21-18-31(37(44)38(35)45)22-32-23-33(19-20-34(32)43)42(48-2)41(51-27-30-16-10-5-11-17-30)40(50-26-29-14-8-4-9-15-29)39(36(24-46)52-42)49-25-28-12-6-3-7-13-28/h3-21,23,36,39-41,46H,22,24-27H2,1-2H3/t36-,39-,40+,41-,42+/m1/s1. The molecule has 0 amide bonds. The molecule has 0 aromatic heterocycles. The van der Waals surface area contributed by atoms with E-state index in [1.54, 1.807) is 18.2 Å². The summed E-state index contributed by atoms with van der Waals surface area (Å²) in [7, 11) is 2.76. The van der Waals surface area contributed by atoms with Crippen molar-refractivity contribution in [2.24, 2.45) is 0 Å². The second-order valence-corrected chi connectivity index (χ2v) is 12.9. The molecule has 0 radical (unpaired) electrons. The lowest BCUT2D eigenvalue weighted by atomic mass is 9.86. The molecule has 5 atom stereocenters. The molecule has 0 aliphatic carbocycles. The zero-order valence-electron chi connectivity index (χ0n) is 28.9. The van der Waals surface area contributed by atoms with Crippen LogP contribution in [0.2, 0.25) is 5.02 Å². The second-order valence-electron chi connectivity index (χ2n) is 12.5. The van der Waals surface area contributed by atoms with Crippen LogP contribution in [0.1, 0.15) is 33.4 Å². The molecule has 7 nitrogen and oxygen atoms in total. The van der Waals surface area contributed by atoms with Crippen molar-refractivity contribution in [2.45, 2.75) is 56.4 Å². The van der Waals surface area contributed by atoms with Crippen LogP contribution < -0.4 is 4.74 Å². The predicted octanol–water partition coefficient (Wildman–Crippen LogP) is 8.16. The molecule has 5 aromatic carbocycles. The van der Waals surface area contributed by atoms with Crippen LogP contribution in [0.4, 0.5) is 8.78 Å². The second kappa shape index (κ2) is 17.6. The zero-order chi connectivity index (χ0) is 36.5. The molecule has 1 aliphatic heterocycles. The van der Waals surface area contributed by atoms with Gasteiger partial charge in [0.2, 0.25) is 11.6 Å². The van der Waals surface area contributed by atoms with Gasteiger partial charge in [0.1, 0.15) is 24.4 Å². The SMILES string of the molecule is COc1ccc(Cc2cc([C@]3(OC)O[C@H](CO)[C@@H](OCc4ccccc4)[C@H](OCc4ccccc4)[C@H]3OCc3ccccc3)ccc2Cl)c(F)c1F. The van der Waals surface area contributed by atoms with E-state index in [2.05, 4.69) is 0 Å². The van der Waals surface area contributed by atoms with Crippen LogP contribution in [-0.2, 0) is 55.7 Å². The maximum absolute atomic E-state index is 15.2. The summed E-state index contributed by atoms with van der Waals surface area (Å²) >= 11 is 6.69. The predicted molar refractivity (Wildman–Crippen MR) is 193 cm³/mol. The van der Waals surface area contributed by atoms with E-state index in [9.17, 15) is 9.50 Å². The van der Waals surface area contributed by atoms with Gasteiger partial charge in [-0.25, -0.2) is 4.39 Å². The van der Waals surface area contributed by atoms with Gasteiger partial charge in [0.05, 0.1) is 33.5 Å². The highest BCUT2D eigenvalue weighted by Crippen LogP contribution is 2.44. The summed E-state index contributed by atoms with van der Waals surface area (Å²) in [6.07, 6.45) is -3.61. The maximum atomic E-state index is 15.2. The molecule has 0 bridgehead atoms.